The monoisotopic (exact) mass is 405 g/mol. The molecule has 0 unspecified atom stereocenters. The number of rotatable bonds is 5. The molecule has 0 saturated carbocycles. The zero-order chi connectivity index (χ0) is 21.4. The van der Waals surface area contributed by atoms with E-state index in [1.54, 1.807) is 4.68 Å². The van der Waals surface area contributed by atoms with E-state index in [0.29, 0.717) is 11.3 Å². The summed E-state index contributed by atoms with van der Waals surface area (Å²) in [6.45, 7) is 7.76. The lowest BCUT2D eigenvalue weighted by molar-refractivity contribution is 0.383. The highest BCUT2D eigenvalue weighted by atomic mass is 16.5. The highest BCUT2D eigenvalue weighted by Crippen LogP contribution is 2.28. The van der Waals surface area contributed by atoms with Crippen molar-refractivity contribution in [2.75, 3.05) is 0 Å². The molecule has 0 spiro atoms. The topological polar surface area (TPSA) is 94.8 Å². The normalized spacial score (nSPS) is 11.4. The van der Waals surface area contributed by atoms with Crippen LogP contribution < -0.4 is 16.0 Å². The van der Waals surface area contributed by atoms with E-state index in [1.165, 1.54) is 4.57 Å². The fourth-order valence-electron chi connectivity index (χ4n) is 3.57. The number of fused-ring (bicyclic) bond motifs is 1. The molecular formula is C22H23N5O3. The minimum atomic E-state index is -0.566. The Kier molecular flexibility index (Phi) is 4.99. The van der Waals surface area contributed by atoms with Gasteiger partial charge in [0.05, 0.1) is 11.1 Å². The van der Waals surface area contributed by atoms with Crippen molar-refractivity contribution in [2.45, 2.75) is 40.3 Å². The summed E-state index contributed by atoms with van der Waals surface area (Å²) in [6, 6.07) is 13.3. The number of aryl methyl sites for hydroxylation is 2. The zero-order valence-corrected chi connectivity index (χ0v) is 17.3. The van der Waals surface area contributed by atoms with Crippen molar-refractivity contribution in [1.82, 2.24) is 24.5 Å². The van der Waals surface area contributed by atoms with Gasteiger partial charge >= 0.3 is 5.69 Å². The Morgan fingerprint density at radius 1 is 1.07 bits per heavy atom. The van der Waals surface area contributed by atoms with E-state index < -0.39 is 11.2 Å². The van der Waals surface area contributed by atoms with Crippen molar-refractivity contribution in [1.29, 1.82) is 0 Å². The first kappa shape index (κ1) is 19.6. The number of aromatic nitrogens is 5. The van der Waals surface area contributed by atoms with E-state index in [-0.39, 0.29) is 18.5 Å². The molecule has 2 aromatic carbocycles. The molecule has 2 aromatic heterocycles. The van der Waals surface area contributed by atoms with Crippen molar-refractivity contribution >= 4 is 11.0 Å². The Hall–Kier alpha value is -3.68. The molecule has 4 rings (SSSR count). The summed E-state index contributed by atoms with van der Waals surface area (Å²) >= 11 is 0. The lowest BCUT2D eigenvalue weighted by Gasteiger charge is -2.18. The minimum Gasteiger partial charge on any atom is -0.440 e. The number of H-pyrrole nitrogens is 1. The molecule has 0 saturated heterocycles. The van der Waals surface area contributed by atoms with Crippen molar-refractivity contribution in [3.05, 3.63) is 80.0 Å². The molecule has 0 atom stereocenters. The van der Waals surface area contributed by atoms with Crippen molar-refractivity contribution in [3.8, 4) is 11.6 Å². The maximum atomic E-state index is 12.8. The summed E-state index contributed by atoms with van der Waals surface area (Å²) < 4.78 is 9.16. The van der Waals surface area contributed by atoms with Gasteiger partial charge in [0.1, 0.15) is 17.9 Å². The molecule has 0 aliphatic carbocycles. The summed E-state index contributed by atoms with van der Waals surface area (Å²) in [7, 11) is 0. The molecule has 1 N–H and O–H groups in total. The summed E-state index contributed by atoms with van der Waals surface area (Å²) in [6.07, 6.45) is 0. The van der Waals surface area contributed by atoms with Crippen molar-refractivity contribution in [3.63, 3.8) is 0 Å². The first-order valence-corrected chi connectivity index (χ1v) is 9.75. The second-order valence-electron chi connectivity index (χ2n) is 7.71. The fourth-order valence-corrected chi connectivity index (χ4v) is 3.57. The van der Waals surface area contributed by atoms with Crippen molar-refractivity contribution in [2.24, 2.45) is 0 Å². The first-order chi connectivity index (χ1) is 14.3. The number of hydrogen-bond donors (Lipinski definition) is 1. The molecule has 0 radical (unpaired) electrons. The Labute approximate surface area is 172 Å². The van der Waals surface area contributed by atoms with E-state index in [1.807, 2.05) is 70.2 Å². The van der Waals surface area contributed by atoms with E-state index >= 15 is 0 Å². The molecule has 0 fully saturated rings. The number of ether oxygens (including phenoxy) is 1. The van der Waals surface area contributed by atoms with Crippen LogP contribution in [-0.2, 0) is 6.67 Å². The average molecular weight is 405 g/mol. The molecule has 4 aromatic rings. The van der Waals surface area contributed by atoms with E-state index in [9.17, 15) is 9.59 Å². The van der Waals surface area contributed by atoms with Crippen LogP contribution in [0.25, 0.3) is 11.0 Å². The van der Waals surface area contributed by atoms with Crippen LogP contribution in [0.1, 0.15) is 36.5 Å². The quantitative estimate of drug-likeness (QED) is 0.550. The maximum absolute atomic E-state index is 12.8. The van der Waals surface area contributed by atoms with Crippen LogP contribution in [0.5, 0.6) is 11.6 Å². The molecular weight excluding hydrogens is 382 g/mol. The Morgan fingerprint density at radius 3 is 2.47 bits per heavy atom. The predicted molar refractivity (Wildman–Crippen MR) is 114 cm³/mol. The summed E-state index contributed by atoms with van der Waals surface area (Å²) in [5.41, 5.74) is 2.93. The number of nitrogens with one attached hydrogen (secondary N) is 1. The average Bonchev–Trinajstić information content (AvgIpc) is 3.06. The SMILES string of the molecule is Cc1cc(C)cc(Oc2c(C(C)C)c(=O)[nH]c(=O)n2Cn2nnc3ccccc32)c1. The molecule has 154 valence electrons. The maximum Gasteiger partial charge on any atom is 0.332 e. The Morgan fingerprint density at radius 2 is 1.77 bits per heavy atom. The number of nitrogens with zero attached hydrogens (tertiary/aromatic N) is 4. The fraction of sp³-hybridized carbons (Fsp3) is 0.273. The van der Waals surface area contributed by atoms with Crippen LogP contribution in [0.4, 0.5) is 0 Å². The Balaban J connectivity index is 1.90. The van der Waals surface area contributed by atoms with Crippen LogP contribution in [0.15, 0.2) is 52.1 Å². The zero-order valence-electron chi connectivity index (χ0n) is 17.3. The largest absolute Gasteiger partial charge is 0.440 e. The van der Waals surface area contributed by atoms with Gasteiger partial charge < -0.3 is 4.74 Å². The van der Waals surface area contributed by atoms with Crippen molar-refractivity contribution < 1.29 is 4.74 Å². The highest BCUT2D eigenvalue weighted by Gasteiger charge is 2.21. The molecule has 0 aliphatic rings. The second-order valence-corrected chi connectivity index (χ2v) is 7.71. The Bertz CT molecular complexity index is 1330. The van der Waals surface area contributed by atoms with Crippen LogP contribution in [-0.4, -0.2) is 24.5 Å². The first-order valence-electron chi connectivity index (χ1n) is 9.75. The summed E-state index contributed by atoms with van der Waals surface area (Å²) in [5, 5.41) is 8.31. The lowest BCUT2D eigenvalue weighted by Crippen LogP contribution is -2.35. The van der Waals surface area contributed by atoms with Gasteiger partial charge in [-0.25, -0.2) is 14.0 Å². The number of aromatic amines is 1. The smallest absolute Gasteiger partial charge is 0.332 e. The highest BCUT2D eigenvalue weighted by molar-refractivity contribution is 5.73. The van der Waals surface area contributed by atoms with Gasteiger partial charge in [0.25, 0.3) is 5.56 Å². The third-order valence-corrected chi connectivity index (χ3v) is 4.87. The standard InChI is InChI=1S/C22H23N5O3/c1-13(2)19-20(28)23-22(29)26(12-27-18-8-6-5-7-17(18)24-25-27)21(19)30-16-10-14(3)9-15(4)11-16/h5-11,13H,12H2,1-4H3,(H,23,28,29). The van der Waals surface area contributed by atoms with Gasteiger partial charge in [0.2, 0.25) is 5.88 Å². The molecule has 0 amide bonds. The molecule has 2 heterocycles. The van der Waals surface area contributed by atoms with Crippen LogP contribution in [0, 0.1) is 13.8 Å². The van der Waals surface area contributed by atoms with Gasteiger partial charge in [-0.05, 0) is 55.2 Å². The van der Waals surface area contributed by atoms with Gasteiger partial charge in [-0.2, -0.15) is 0 Å². The molecule has 8 nitrogen and oxygen atoms in total. The number of para-hydroxylation sites is 1. The van der Waals surface area contributed by atoms with Gasteiger partial charge in [-0.1, -0.05) is 37.3 Å². The van der Waals surface area contributed by atoms with Crippen LogP contribution >= 0.6 is 0 Å². The van der Waals surface area contributed by atoms with E-state index in [0.717, 1.165) is 22.2 Å². The van der Waals surface area contributed by atoms with Gasteiger partial charge in [-0.3, -0.25) is 9.78 Å². The van der Waals surface area contributed by atoms with Crippen LogP contribution in [0.2, 0.25) is 0 Å². The third-order valence-electron chi connectivity index (χ3n) is 4.87. The summed E-state index contributed by atoms with van der Waals surface area (Å²) in [4.78, 5) is 27.8. The molecule has 0 aliphatic heterocycles. The lowest BCUT2D eigenvalue weighted by atomic mass is 10.1. The third kappa shape index (κ3) is 3.63. The van der Waals surface area contributed by atoms with E-state index in [2.05, 4.69) is 15.3 Å². The molecule has 8 heteroatoms. The van der Waals surface area contributed by atoms with Gasteiger partial charge in [0, 0.05) is 0 Å². The van der Waals surface area contributed by atoms with Crippen LogP contribution in [0.3, 0.4) is 0 Å². The van der Waals surface area contributed by atoms with E-state index in [4.69, 9.17) is 4.74 Å². The van der Waals surface area contributed by atoms with Gasteiger partial charge in [-0.15, -0.1) is 5.10 Å². The number of benzene rings is 2. The second kappa shape index (κ2) is 7.62. The molecule has 30 heavy (non-hydrogen) atoms. The number of hydrogen-bond acceptors (Lipinski definition) is 5. The summed E-state index contributed by atoms with van der Waals surface area (Å²) in [5.74, 6) is 0.619. The minimum absolute atomic E-state index is 0.0516. The predicted octanol–water partition coefficient (Wildman–Crippen LogP) is 3.32. The molecule has 0 bridgehead atoms. The van der Waals surface area contributed by atoms with Gasteiger partial charge in [0.15, 0.2) is 0 Å².